The lowest BCUT2D eigenvalue weighted by Gasteiger charge is -2.11. The molecule has 1 nitrogen and oxygen atoms in total. The quantitative estimate of drug-likeness (QED) is 0.338. The molecule has 2 heteroatoms. The topological polar surface area (TPSA) is 17.1 Å². The third kappa shape index (κ3) is 6.64. The fourth-order valence-corrected chi connectivity index (χ4v) is 1.83. The number of carbonyl (C=O) groups is 1. The molecule has 0 radical (unpaired) electrons. The molecular formula is C11H18OS. The number of thioether (sulfide) groups is 1. The summed E-state index contributed by atoms with van der Waals surface area (Å²) in [5.41, 5.74) is 0. The molecular weight excluding hydrogens is 180 g/mol. The van der Waals surface area contributed by atoms with Crippen molar-refractivity contribution in [3.63, 3.8) is 0 Å². The monoisotopic (exact) mass is 198 g/mol. The van der Waals surface area contributed by atoms with Crippen LogP contribution in [0.1, 0.15) is 25.7 Å². The van der Waals surface area contributed by atoms with Crippen LogP contribution in [0.2, 0.25) is 0 Å². The van der Waals surface area contributed by atoms with Crippen molar-refractivity contribution in [3.05, 3.63) is 25.3 Å². The fourth-order valence-electron chi connectivity index (χ4n) is 1.10. The van der Waals surface area contributed by atoms with E-state index in [-0.39, 0.29) is 5.78 Å². The minimum atomic E-state index is 0.151. The van der Waals surface area contributed by atoms with Crippen molar-refractivity contribution in [2.24, 2.45) is 0 Å². The largest absolute Gasteiger partial charge is 0.295 e. The molecule has 74 valence electrons. The zero-order valence-electron chi connectivity index (χ0n) is 8.29. The molecule has 0 fully saturated rings. The Hall–Kier alpha value is -0.500. The van der Waals surface area contributed by atoms with Crippen molar-refractivity contribution in [2.45, 2.75) is 30.9 Å². The van der Waals surface area contributed by atoms with E-state index >= 15 is 0 Å². The van der Waals surface area contributed by atoms with Crippen LogP contribution < -0.4 is 0 Å². The zero-order chi connectivity index (χ0) is 10.1. The lowest BCUT2D eigenvalue weighted by atomic mass is 10.1. The molecule has 0 N–H and O–H groups in total. The Bertz CT molecular complexity index is 175. The first-order valence-electron chi connectivity index (χ1n) is 4.53. The molecule has 0 aliphatic rings. The Kier molecular flexibility index (Phi) is 7.80. The van der Waals surface area contributed by atoms with Gasteiger partial charge in [0.1, 0.15) is 0 Å². The van der Waals surface area contributed by atoms with E-state index in [1.807, 2.05) is 6.08 Å². The fraction of sp³-hybridized carbons (Fsp3) is 0.545. The first-order valence-corrected chi connectivity index (χ1v) is 5.82. The summed E-state index contributed by atoms with van der Waals surface area (Å²) in [6.45, 7) is 7.14. The summed E-state index contributed by atoms with van der Waals surface area (Å²) in [4.78, 5) is 11.1. The molecule has 13 heavy (non-hydrogen) atoms. The maximum Gasteiger partial charge on any atom is 0.156 e. The number of rotatable bonds is 8. The summed E-state index contributed by atoms with van der Waals surface area (Å²) in [6.07, 6.45) is 9.27. The molecule has 0 spiro atoms. The molecule has 0 saturated carbocycles. The van der Waals surface area contributed by atoms with Gasteiger partial charge in [-0.25, -0.2) is 0 Å². The second-order valence-electron chi connectivity index (χ2n) is 2.95. The molecule has 0 aromatic carbocycles. The van der Waals surface area contributed by atoms with Crippen LogP contribution in [-0.2, 0) is 4.79 Å². The average Bonchev–Trinajstić information content (AvgIpc) is 2.16. The lowest BCUT2D eigenvalue weighted by Crippen LogP contribution is -2.08. The standard InChI is InChI=1S/C11H18OS/c1-4-6-7-8-11(13-3)9-10(12)5-2/h4-5,11H,1-2,6-9H2,3H3. The molecule has 0 aromatic heterocycles. The van der Waals surface area contributed by atoms with Crippen LogP contribution >= 0.6 is 11.8 Å². The van der Waals surface area contributed by atoms with E-state index in [1.54, 1.807) is 11.8 Å². The van der Waals surface area contributed by atoms with E-state index in [0.29, 0.717) is 11.7 Å². The molecule has 0 bridgehead atoms. The van der Waals surface area contributed by atoms with E-state index in [0.717, 1.165) is 19.3 Å². The summed E-state index contributed by atoms with van der Waals surface area (Å²) in [5, 5.41) is 0.449. The van der Waals surface area contributed by atoms with Crippen molar-refractivity contribution < 1.29 is 4.79 Å². The van der Waals surface area contributed by atoms with E-state index < -0.39 is 0 Å². The normalized spacial score (nSPS) is 12.1. The number of hydrogen-bond acceptors (Lipinski definition) is 2. The Morgan fingerprint density at radius 3 is 2.69 bits per heavy atom. The highest BCUT2D eigenvalue weighted by Gasteiger charge is 2.09. The number of carbonyl (C=O) groups excluding carboxylic acids is 1. The smallest absolute Gasteiger partial charge is 0.156 e. The third-order valence-electron chi connectivity index (χ3n) is 1.92. The number of unbranched alkanes of at least 4 members (excludes halogenated alkanes) is 1. The molecule has 0 heterocycles. The third-order valence-corrected chi connectivity index (χ3v) is 2.99. The molecule has 1 atom stereocenters. The van der Waals surface area contributed by atoms with Gasteiger partial charge in [0.05, 0.1) is 0 Å². The second-order valence-corrected chi connectivity index (χ2v) is 4.09. The van der Waals surface area contributed by atoms with Gasteiger partial charge in [-0.05, 0) is 31.6 Å². The van der Waals surface area contributed by atoms with E-state index in [1.165, 1.54) is 6.08 Å². The van der Waals surface area contributed by atoms with Crippen LogP contribution in [0.25, 0.3) is 0 Å². The van der Waals surface area contributed by atoms with Gasteiger partial charge >= 0.3 is 0 Å². The van der Waals surface area contributed by atoms with Crippen LogP contribution in [0.3, 0.4) is 0 Å². The maximum absolute atomic E-state index is 11.1. The summed E-state index contributed by atoms with van der Waals surface area (Å²) in [5.74, 6) is 0.151. The highest BCUT2D eigenvalue weighted by molar-refractivity contribution is 7.99. The Labute approximate surface area is 85.3 Å². The lowest BCUT2D eigenvalue weighted by molar-refractivity contribution is -0.114. The van der Waals surface area contributed by atoms with Crippen LogP contribution in [0.5, 0.6) is 0 Å². The van der Waals surface area contributed by atoms with E-state index in [9.17, 15) is 4.79 Å². The first-order chi connectivity index (χ1) is 6.24. The van der Waals surface area contributed by atoms with Crippen LogP contribution in [0.15, 0.2) is 25.3 Å². The van der Waals surface area contributed by atoms with Gasteiger partial charge in [-0.2, -0.15) is 11.8 Å². The summed E-state index contributed by atoms with van der Waals surface area (Å²) >= 11 is 1.76. The summed E-state index contributed by atoms with van der Waals surface area (Å²) < 4.78 is 0. The van der Waals surface area contributed by atoms with E-state index in [2.05, 4.69) is 19.4 Å². The van der Waals surface area contributed by atoms with Gasteiger partial charge in [-0.3, -0.25) is 4.79 Å². The van der Waals surface area contributed by atoms with Gasteiger partial charge < -0.3 is 0 Å². The molecule has 0 amide bonds. The summed E-state index contributed by atoms with van der Waals surface area (Å²) in [7, 11) is 0. The van der Waals surface area contributed by atoms with Crippen molar-refractivity contribution in [2.75, 3.05) is 6.26 Å². The molecule has 0 saturated heterocycles. The molecule has 0 aromatic rings. The molecule has 0 aliphatic heterocycles. The zero-order valence-corrected chi connectivity index (χ0v) is 9.11. The van der Waals surface area contributed by atoms with Crippen LogP contribution in [0.4, 0.5) is 0 Å². The minimum Gasteiger partial charge on any atom is -0.295 e. The van der Waals surface area contributed by atoms with Crippen molar-refractivity contribution in [1.82, 2.24) is 0 Å². The van der Waals surface area contributed by atoms with Crippen LogP contribution in [-0.4, -0.2) is 17.3 Å². The Morgan fingerprint density at radius 1 is 1.54 bits per heavy atom. The molecule has 0 rings (SSSR count). The van der Waals surface area contributed by atoms with E-state index in [4.69, 9.17) is 0 Å². The van der Waals surface area contributed by atoms with Crippen molar-refractivity contribution in [3.8, 4) is 0 Å². The average molecular weight is 198 g/mol. The number of allylic oxidation sites excluding steroid dienone is 2. The number of hydrogen-bond donors (Lipinski definition) is 0. The number of ketones is 1. The molecule has 1 unspecified atom stereocenters. The predicted octanol–water partition coefficient (Wildman–Crippen LogP) is 3.22. The van der Waals surface area contributed by atoms with Gasteiger partial charge in [0, 0.05) is 11.7 Å². The highest BCUT2D eigenvalue weighted by Crippen LogP contribution is 2.18. The first kappa shape index (κ1) is 12.5. The van der Waals surface area contributed by atoms with Gasteiger partial charge in [0.15, 0.2) is 5.78 Å². The predicted molar refractivity (Wildman–Crippen MR) is 61.2 cm³/mol. The van der Waals surface area contributed by atoms with Gasteiger partial charge in [-0.15, -0.1) is 6.58 Å². The highest BCUT2D eigenvalue weighted by atomic mass is 32.2. The second kappa shape index (κ2) is 8.11. The Morgan fingerprint density at radius 2 is 2.23 bits per heavy atom. The summed E-state index contributed by atoms with van der Waals surface area (Å²) in [6, 6.07) is 0. The van der Waals surface area contributed by atoms with Gasteiger partial charge in [-0.1, -0.05) is 12.7 Å². The molecule has 0 aliphatic carbocycles. The Balaban J connectivity index is 3.68. The van der Waals surface area contributed by atoms with Gasteiger partial charge in [0.25, 0.3) is 0 Å². The SMILES string of the molecule is C=CCCCC(CC(=O)C=C)SC. The van der Waals surface area contributed by atoms with Gasteiger partial charge in [0.2, 0.25) is 0 Å². The minimum absolute atomic E-state index is 0.151. The van der Waals surface area contributed by atoms with Crippen molar-refractivity contribution in [1.29, 1.82) is 0 Å². The maximum atomic E-state index is 11.1. The van der Waals surface area contributed by atoms with Crippen molar-refractivity contribution >= 4 is 17.5 Å². The van der Waals surface area contributed by atoms with Crippen LogP contribution in [0, 0.1) is 0 Å².